The van der Waals surface area contributed by atoms with Crippen molar-refractivity contribution in [3.63, 3.8) is 0 Å². The molecule has 10 nitrogen and oxygen atoms in total. The predicted molar refractivity (Wildman–Crippen MR) is 140 cm³/mol. The Kier molecular flexibility index (Phi) is 6.39. The molecule has 6 rings (SSSR count). The molecule has 0 radical (unpaired) electrons. The van der Waals surface area contributed by atoms with Crippen LogP contribution < -0.4 is 15.1 Å². The van der Waals surface area contributed by atoms with Gasteiger partial charge >= 0.3 is 0 Å². The molecule has 3 saturated heterocycles. The van der Waals surface area contributed by atoms with Crippen LogP contribution in [-0.4, -0.2) is 92.2 Å². The molecule has 3 fully saturated rings. The van der Waals surface area contributed by atoms with Crippen molar-refractivity contribution in [2.45, 2.75) is 25.0 Å². The Balaban J connectivity index is 1.44. The molecule has 0 bridgehead atoms. The highest BCUT2D eigenvalue weighted by molar-refractivity contribution is 5.95. The van der Waals surface area contributed by atoms with Gasteiger partial charge in [-0.25, -0.2) is 4.98 Å². The van der Waals surface area contributed by atoms with Gasteiger partial charge in [0.2, 0.25) is 5.95 Å². The van der Waals surface area contributed by atoms with Crippen molar-refractivity contribution in [1.82, 2.24) is 20.3 Å². The fraction of sp³-hybridized carbons (Fsp3) is 0.481. The molecule has 37 heavy (non-hydrogen) atoms. The third-order valence-corrected chi connectivity index (χ3v) is 7.41. The van der Waals surface area contributed by atoms with Gasteiger partial charge in [0.15, 0.2) is 5.65 Å². The van der Waals surface area contributed by atoms with Crippen LogP contribution in [0.25, 0.3) is 22.3 Å². The van der Waals surface area contributed by atoms with E-state index in [1.165, 1.54) is 0 Å². The van der Waals surface area contributed by atoms with Gasteiger partial charge in [-0.3, -0.25) is 4.79 Å². The van der Waals surface area contributed by atoms with Crippen molar-refractivity contribution in [2.24, 2.45) is 0 Å². The van der Waals surface area contributed by atoms with Crippen molar-refractivity contribution in [1.29, 1.82) is 0 Å². The molecular formula is C27H32N6O4. The Morgan fingerprint density at radius 3 is 2.81 bits per heavy atom. The number of nitrogens with one attached hydrogen (secondary N) is 1. The summed E-state index contributed by atoms with van der Waals surface area (Å²) in [5, 5.41) is 3.58. The second-order valence-electron chi connectivity index (χ2n) is 9.95. The van der Waals surface area contributed by atoms with Gasteiger partial charge in [-0.1, -0.05) is 12.1 Å². The van der Waals surface area contributed by atoms with Crippen molar-refractivity contribution >= 4 is 28.7 Å². The lowest BCUT2D eigenvalue weighted by atomic mass is 10.0. The number of carbonyl (C=O) groups excluding carboxylic acids is 1. The molecule has 194 valence electrons. The van der Waals surface area contributed by atoms with Crippen LogP contribution >= 0.6 is 0 Å². The summed E-state index contributed by atoms with van der Waals surface area (Å²) in [6.45, 7) is 7.51. The first-order valence-electron chi connectivity index (χ1n) is 12.9. The van der Waals surface area contributed by atoms with Gasteiger partial charge in [0.1, 0.15) is 11.4 Å². The normalized spacial score (nSPS) is 24.1. The molecule has 2 atom stereocenters. The van der Waals surface area contributed by atoms with Gasteiger partial charge in [0.25, 0.3) is 5.91 Å². The zero-order valence-electron chi connectivity index (χ0n) is 21.3. The molecule has 3 aliphatic heterocycles. The number of aromatic nitrogens is 3. The lowest BCUT2D eigenvalue weighted by Gasteiger charge is -2.40. The summed E-state index contributed by atoms with van der Waals surface area (Å²) in [5.74, 6) is 1.39. The number of fused-ring (bicyclic) bond motifs is 1. The molecule has 3 aliphatic rings. The van der Waals surface area contributed by atoms with Crippen molar-refractivity contribution in [3.05, 3.63) is 42.0 Å². The Hall–Kier alpha value is -3.34. The van der Waals surface area contributed by atoms with Gasteiger partial charge in [0.05, 0.1) is 50.1 Å². The number of hydrogen-bond acceptors (Lipinski definition) is 9. The lowest BCUT2D eigenvalue weighted by Crippen LogP contribution is -2.53. The van der Waals surface area contributed by atoms with E-state index < -0.39 is 0 Å². The van der Waals surface area contributed by atoms with Gasteiger partial charge in [-0.15, -0.1) is 0 Å². The molecule has 1 N–H and O–H groups in total. The number of ether oxygens (including phenoxy) is 3. The van der Waals surface area contributed by atoms with E-state index in [2.05, 4.69) is 22.0 Å². The number of anilines is 2. The zero-order chi connectivity index (χ0) is 25.4. The van der Waals surface area contributed by atoms with Gasteiger partial charge < -0.3 is 29.3 Å². The molecule has 0 unspecified atom stereocenters. The average molecular weight is 505 g/mol. The highest BCUT2D eigenvalue weighted by atomic mass is 16.6. The monoisotopic (exact) mass is 504 g/mol. The summed E-state index contributed by atoms with van der Waals surface area (Å²) in [7, 11) is 1.63. The first kappa shape index (κ1) is 24.0. The van der Waals surface area contributed by atoms with Crippen molar-refractivity contribution in [2.75, 3.05) is 69.5 Å². The highest BCUT2D eigenvalue weighted by Crippen LogP contribution is 2.33. The maximum atomic E-state index is 12.2. The van der Waals surface area contributed by atoms with E-state index in [1.54, 1.807) is 13.1 Å². The van der Waals surface area contributed by atoms with Crippen LogP contribution in [-0.2, 0) is 14.2 Å². The molecule has 1 spiro atoms. The quantitative estimate of drug-likeness (QED) is 0.573. The van der Waals surface area contributed by atoms with Gasteiger partial charge in [0, 0.05) is 44.3 Å². The topological polar surface area (TPSA) is 102 Å². The maximum absolute atomic E-state index is 12.2. The predicted octanol–water partition coefficient (Wildman–Crippen LogP) is 2.27. The largest absolute Gasteiger partial charge is 0.378 e. The standard InChI is InChI=1S/C27H32N6O4/c1-18-15-35-12-10-33(18)24-21-6-7-22(19-4-3-5-20(14-19)25(34)28-2)29-23(21)30-26(31-24)32-9-13-37-27(16-32)8-11-36-17-27/h3-7,14,18H,8-13,15-17H2,1-2H3,(H,28,34)/t18-,27+/m0/s1. The molecule has 0 saturated carbocycles. The van der Waals surface area contributed by atoms with E-state index in [0.717, 1.165) is 35.4 Å². The number of pyridine rings is 1. The molecular weight excluding hydrogens is 472 g/mol. The van der Waals surface area contributed by atoms with Gasteiger partial charge in [-0.2, -0.15) is 9.97 Å². The summed E-state index contributed by atoms with van der Waals surface area (Å²) < 4.78 is 17.5. The average Bonchev–Trinajstić information content (AvgIpc) is 3.39. The third kappa shape index (κ3) is 4.60. The number of carbonyl (C=O) groups is 1. The van der Waals surface area contributed by atoms with E-state index in [0.29, 0.717) is 63.3 Å². The number of hydrogen-bond donors (Lipinski definition) is 1. The van der Waals surface area contributed by atoms with Gasteiger partial charge in [-0.05, 0) is 31.2 Å². The second-order valence-corrected chi connectivity index (χ2v) is 9.95. The summed E-state index contributed by atoms with van der Waals surface area (Å²) in [6.07, 6.45) is 0.870. The minimum absolute atomic E-state index is 0.131. The number of nitrogens with zero attached hydrogens (tertiary/aromatic N) is 5. The molecule has 1 amide bonds. The molecule has 0 aliphatic carbocycles. The second kappa shape index (κ2) is 9.85. The molecule has 2 aromatic heterocycles. The minimum atomic E-state index is -0.307. The van der Waals surface area contributed by atoms with E-state index in [-0.39, 0.29) is 17.6 Å². The van der Waals surface area contributed by atoms with Crippen LogP contribution in [0.15, 0.2) is 36.4 Å². The van der Waals surface area contributed by atoms with Crippen molar-refractivity contribution in [3.8, 4) is 11.3 Å². The Morgan fingerprint density at radius 1 is 1.08 bits per heavy atom. The fourth-order valence-corrected chi connectivity index (χ4v) is 5.35. The van der Waals surface area contributed by atoms with Crippen LogP contribution in [0.3, 0.4) is 0 Å². The first-order chi connectivity index (χ1) is 18.0. The first-order valence-corrected chi connectivity index (χ1v) is 12.9. The van der Waals surface area contributed by atoms with Crippen LogP contribution in [0, 0.1) is 0 Å². The Labute approximate surface area is 215 Å². The number of amides is 1. The van der Waals surface area contributed by atoms with Crippen LogP contribution in [0.2, 0.25) is 0 Å². The minimum Gasteiger partial charge on any atom is -0.378 e. The van der Waals surface area contributed by atoms with Crippen LogP contribution in [0.5, 0.6) is 0 Å². The number of morpholine rings is 2. The fourth-order valence-electron chi connectivity index (χ4n) is 5.35. The Bertz CT molecular complexity index is 1310. The zero-order valence-corrected chi connectivity index (χ0v) is 21.3. The van der Waals surface area contributed by atoms with E-state index in [1.807, 2.05) is 30.3 Å². The summed E-state index contributed by atoms with van der Waals surface area (Å²) >= 11 is 0. The summed E-state index contributed by atoms with van der Waals surface area (Å²) in [4.78, 5) is 31.7. The van der Waals surface area contributed by atoms with E-state index >= 15 is 0 Å². The molecule has 5 heterocycles. The maximum Gasteiger partial charge on any atom is 0.251 e. The van der Waals surface area contributed by atoms with Crippen LogP contribution in [0.1, 0.15) is 23.7 Å². The molecule has 3 aromatic rings. The van der Waals surface area contributed by atoms with Crippen molar-refractivity contribution < 1.29 is 19.0 Å². The van der Waals surface area contributed by atoms with E-state index in [4.69, 9.17) is 29.2 Å². The summed E-state index contributed by atoms with van der Waals surface area (Å²) in [5.41, 5.74) is 2.53. The molecule has 10 heteroatoms. The molecule has 1 aromatic carbocycles. The highest BCUT2D eigenvalue weighted by Gasteiger charge is 2.41. The third-order valence-electron chi connectivity index (χ3n) is 7.41. The smallest absolute Gasteiger partial charge is 0.251 e. The Morgan fingerprint density at radius 2 is 2.00 bits per heavy atom. The van der Waals surface area contributed by atoms with E-state index in [9.17, 15) is 4.79 Å². The summed E-state index contributed by atoms with van der Waals surface area (Å²) in [6, 6.07) is 11.7. The lowest BCUT2D eigenvalue weighted by molar-refractivity contribution is -0.0583. The number of benzene rings is 1. The SMILES string of the molecule is CNC(=O)c1cccc(-c2ccc3c(N4CCOC[C@@H]4C)nc(N4CCO[C@]5(CCOC5)C4)nc3n2)c1. The van der Waals surface area contributed by atoms with Crippen LogP contribution in [0.4, 0.5) is 11.8 Å². The number of rotatable bonds is 4.